The molecule has 0 bridgehead atoms. The van der Waals surface area contributed by atoms with Crippen LogP contribution in [0.15, 0.2) is 24.3 Å². The van der Waals surface area contributed by atoms with E-state index in [2.05, 4.69) is 31.4 Å². The summed E-state index contributed by atoms with van der Waals surface area (Å²) in [5.41, 5.74) is 3.58. The molecule has 0 saturated carbocycles. The highest BCUT2D eigenvalue weighted by atomic mass is 32.1. The van der Waals surface area contributed by atoms with Crippen LogP contribution in [-0.4, -0.2) is 18.9 Å². The van der Waals surface area contributed by atoms with Gasteiger partial charge in [0.05, 0.1) is 5.56 Å². The summed E-state index contributed by atoms with van der Waals surface area (Å²) in [6.07, 6.45) is 2.97. The van der Waals surface area contributed by atoms with Crippen LogP contribution in [0.25, 0.3) is 0 Å². The molecular formula is C20H24N2O2S. The van der Waals surface area contributed by atoms with E-state index in [0.717, 1.165) is 24.8 Å². The molecule has 0 unspecified atom stereocenters. The zero-order valence-corrected chi connectivity index (χ0v) is 16.0. The number of carbonyl (C=O) groups is 2. The maximum Gasteiger partial charge on any atom is 0.256 e. The standard InChI is InChI=1S/C20H24N2O2S/c1-20(2,3)13-10-8-12(9-11-13)17(23)22-19-16(18(24)21-4)14-6-5-7-15(14)25-19/h8-11H,5-7H2,1-4H3,(H,21,24)(H,22,23). The van der Waals surface area contributed by atoms with Gasteiger partial charge in [-0.25, -0.2) is 0 Å². The Labute approximate surface area is 152 Å². The Kier molecular flexibility index (Phi) is 4.69. The lowest BCUT2D eigenvalue weighted by Crippen LogP contribution is -2.21. The monoisotopic (exact) mass is 356 g/mol. The van der Waals surface area contributed by atoms with Gasteiger partial charge in [0.15, 0.2) is 0 Å². The second-order valence-corrected chi connectivity index (χ2v) is 8.53. The summed E-state index contributed by atoms with van der Waals surface area (Å²) >= 11 is 1.53. The van der Waals surface area contributed by atoms with Gasteiger partial charge in [-0.05, 0) is 47.9 Å². The van der Waals surface area contributed by atoms with E-state index < -0.39 is 0 Å². The van der Waals surface area contributed by atoms with Crippen LogP contribution in [0, 0.1) is 0 Å². The Balaban J connectivity index is 1.85. The van der Waals surface area contributed by atoms with Crippen molar-refractivity contribution in [1.82, 2.24) is 5.32 Å². The van der Waals surface area contributed by atoms with Crippen LogP contribution >= 0.6 is 11.3 Å². The van der Waals surface area contributed by atoms with Crippen molar-refractivity contribution in [3.8, 4) is 0 Å². The Bertz CT molecular complexity index is 813. The summed E-state index contributed by atoms with van der Waals surface area (Å²) < 4.78 is 0. The number of rotatable bonds is 3. The van der Waals surface area contributed by atoms with Gasteiger partial charge in [-0.15, -0.1) is 11.3 Å². The lowest BCUT2D eigenvalue weighted by Gasteiger charge is -2.19. The Morgan fingerprint density at radius 3 is 2.32 bits per heavy atom. The molecule has 2 aromatic rings. The predicted octanol–water partition coefficient (Wildman–Crippen LogP) is 4.15. The number of thiophene rings is 1. The Morgan fingerprint density at radius 2 is 1.72 bits per heavy atom. The first-order valence-electron chi connectivity index (χ1n) is 8.59. The molecule has 132 valence electrons. The molecule has 0 aliphatic heterocycles. The number of hydrogen-bond donors (Lipinski definition) is 2. The largest absolute Gasteiger partial charge is 0.355 e. The third-order valence-electron chi connectivity index (χ3n) is 4.62. The van der Waals surface area contributed by atoms with E-state index in [4.69, 9.17) is 0 Å². The molecule has 0 radical (unpaired) electrons. The highest BCUT2D eigenvalue weighted by molar-refractivity contribution is 7.17. The zero-order chi connectivity index (χ0) is 18.2. The average molecular weight is 356 g/mol. The number of anilines is 1. The highest BCUT2D eigenvalue weighted by Gasteiger charge is 2.27. The first-order valence-corrected chi connectivity index (χ1v) is 9.41. The molecule has 4 nitrogen and oxygen atoms in total. The van der Waals surface area contributed by atoms with Crippen LogP contribution in [0.1, 0.15) is 63.9 Å². The van der Waals surface area contributed by atoms with Gasteiger partial charge in [-0.1, -0.05) is 32.9 Å². The van der Waals surface area contributed by atoms with E-state index in [9.17, 15) is 9.59 Å². The van der Waals surface area contributed by atoms with Gasteiger partial charge in [-0.3, -0.25) is 9.59 Å². The zero-order valence-electron chi connectivity index (χ0n) is 15.2. The van der Waals surface area contributed by atoms with Crippen LogP contribution in [0.5, 0.6) is 0 Å². The summed E-state index contributed by atoms with van der Waals surface area (Å²) in [6.45, 7) is 6.43. The van der Waals surface area contributed by atoms with E-state index >= 15 is 0 Å². The Hall–Kier alpha value is -2.14. The summed E-state index contributed by atoms with van der Waals surface area (Å²) in [5.74, 6) is -0.302. The second kappa shape index (κ2) is 6.64. The van der Waals surface area contributed by atoms with Crippen molar-refractivity contribution in [2.75, 3.05) is 12.4 Å². The van der Waals surface area contributed by atoms with Gasteiger partial charge in [0.1, 0.15) is 5.00 Å². The van der Waals surface area contributed by atoms with Gasteiger partial charge >= 0.3 is 0 Å². The van der Waals surface area contributed by atoms with Crippen LogP contribution < -0.4 is 10.6 Å². The molecule has 1 aromatic heterocycles. The third kappa shape index (κ3) is 3.47. The summed E-state index contributed by atoms with van der Waals surface area (Å²) in [7, 11) is 1.62. The summed E-state index contributed by atoms with van der Waals surface area (Å²) in [6, 6.07) is 7.67. The maximum absolute atomic E-state index is 12.6. The fraction of sp³-hybridized carbons (Fsp3) is 0.400. The molecule has 1 aromatic carbocycles. The molecule has 0 atom stereocenters. The lowest BCUT2D eigenvalue weighted by molar-refractivity contribution is 0.0963. The normalized spacial score (nSPS) is 13.4. The maximum atomic E-state index is 12.6. The number of carbonyl (C=O) groups excluding carboxylic acids is 2. The van der Waals surface area contributed by atoms with Gasteiger partial charge in [0.25, 0.3) is 11.8 Å². The Morgan fingerprint density at radius 1 is 1.04 bits per heavy atom. The molecule has 1 heterocycles. The van der Waals surface area contributed by atoms with E-state index in [1.165, 1.54) is 21.8 Å². The minimum atomic E-state index is -0.175. The molecule has 5 heteroatoms. The molecule has 25 heavy (non-hydrogen) atoms. The second-order valence-electron chi connectivity index (χ2n) is 7.42. The van der Waals surface area contributed by atoms with Gasteiger partial charge in [0.2, 0.25) is 0 Å². The van der Waals surface area contributed by atoms with E-state index in [-0.39, 0.29) is 17.2 Å². The van der Waals surface area contributed by atoms with Crippen molar-refractivity contribution >= 4 is 28.2 Å². The van der Waals surface area contributed by atoms with Crippen LogP contribution in [0.2, 0.25) is 0 Å². The van der Waals surface area contributed by atoms with Crippen LogP contribution in [0.3, 0.4) is 0 Å². The summed E-state index contributed by atoms with van der Waals surface area (Å²) in [5, 5.41) is 6.30. The number of nitrogens with one attached hydrogen (secondary N) is 2. The van der Waals surface area contributed by atoms with Gasteiger partial charge < -0.3 is 10.6 Å². The quantitative estimate of drug-likeness (QED) is 0.868. The molecule has 2 amide bonds. The fourth-order valence-electron chi connectivity index (χ4n) is 3.15. The minimum absolute atomic E-state index is 0.0515. The van der Waals surface area contributed by atoms with Crippen molar-refractivity contribution in [3.05, 3.63) is 51.4 Å². The van der Waals surface area contributed by atoms with E-state index in [1.54, 1.807) is 7.05 Å². The number of amides is 2. The first kappa shape index (κ1) is 17.7. The van der Waals surface area contributed by atoms with Crippen LogP contribution in [-0.2, 0) is 18.3 Å². The molecule has 2 N–H and O–H groups in total. The van der Waals surface area contributed by atoms with Crippen molar-refractivity contribution in [2.45, 2.75) is 45.4 Å². The molecule has 0 fully saturated rings. The smallest absolute Gasteiger partial charge is 0.256 e. The minimum Gasteiger partial charge on any atom is -0.355 e. The van der Waals surface area contributed by atoms with Gasteiger partial charge in [0, 0.05) is 17.5 Å². The number of hydrogen-bond acceptors (Lipinski definition) is 3. The van der Waals surface area contributed by atoms with Crippen molar-refractivity contribution in [2.24, 2.45) is 0 Å². The van der Waals surface area contributed by atoms with Crippen LogP contribution in [0.4, 0.5) is 5.00 Å². The van der Waals surface area contributed by atoms with E-state index in [0.29, 0.717) is 16.1 Å². The predicted molar refractivity (Wildman–Crippen MR) is 103 cm³/mol. The fourth-order valence-corrected chi connectivity index (χ4v) is 4.44. The topological polar surface area (TPSA) is 58.2 Å². The third-order valence-corrected chi connectivity index (χ3v) is 5.82. The first-order chi connectivity index (χ1) is 11.8. The molecule has 1 aliphatic rings. The molecule has 1 aliphatic carbocycles. The number of benzene rings is 1. The van der Waals surface area contributed by atoms with Crippen molar-refractivity contribution < 1.29 is 9.59 Å². The number of fused-ring (bicyclic) bond motifs is 1. The SMILES string of the molecule is CNC(=O)c1c(NC(=O)c2ccc(C(C)(C)C)cc2)sc2c1CCC2. The number of aryl methyl sites for hydroxylation is 1. The van der Waals surface area contributed by atoms with E-state index in [1.807, 2.05) is 24.3 Å². The van der Waals surface area contributed by atoms with Crippen molar-refractivity contribution in [3.63, 3.8) is 0 Å². The molecule has 3 rings (SSSR count). The van der Waals surface area contributed by atoms with Gasteiger partial charge in [-0.2, -0.15) is 0 Å². The molecule has 0 spiro atoms. The summed E-state index contributed by atoms with van der Waals surface area (Å²) in [4.78, 5) is 26.1. The van der Waals surface area contributed by atoms with Crippen molar-refractivity contribution in [1.29, 1.82) is 0 Å². The average Bonchev–Trinajstić information content (AvgIpc) is 3.14. The molecular weight excluding hydrogens is 332 g/mol. The lowest BCUT2D eigenvalue weighted by atomic mass is 9.87. The molecule has 0 saturated heterocycles. The highest BCUT2D eigenvalue weighted by Crippen LogP contribution is 2.39.